The standard InChI is InChI=1S/C15H10ClFN2O.C2H2/c16-9-5-6-13-11(7-9)15(18-8-14(20)19-13)10-3-1-2-4-12(10)17;1-2/h1-7H,8H2,(H,19,20);1-2H. The maximum atomic E-state index is 14.0. The van der Waals surface area contributed by atoms with E-state index in [0.717, 1.165) is 0 Å². The Labute approximate surface area is 132 Å². The normalized spacial score (nSPS) is 12.9. The molecule has 0 radical (unpaired) electrons. The van der Waals surface area contributed by atoms with Gasteiger partial charge >= 0.3 is 0 Å². The SMILES string of the molecule is C#C.O=C1CN=C(c2ccccc2F)c2cc(Cl)ccc2N1. The second kappa shape index (κ2) is 6.88. The van der Waals surface area contributed by atoms with Crippen molar-refractivity contribution >= 4 is 28.9 Å². The highest BCUT2D eigenvalue weighted by Gasteiger charge is 2.20. The maximum absolute atomic E-state index is 14.0. The Morgan fingerprint density at radius 1 is 1.14 bits per heavy atom. The summed E-state index contributed by atoms with van der Waals surface area (Å²) in [7, 11) is 0. The van der Waals surface area contributed by atoms with Gasteiger partial charge in [-0.25, -0.2) is 4.39 Å². The summed E-state index contributed by atoms with van der Waals surface area (Å²) in [5.41, 5.74) is 1.99. The fourth-order valence-electron chi connectivity index (χ4n) is 2.13. The van der Waals surface area contributed by atoms with Crippen LogP contribution in [0.1, 0.15) is 11.1 Å². The molecule has 0 spiro atoms. The first kappa shape index (κ1) is 15.7. The summed E-state index contributed by atoms with van der Waals surface area (Å²) in [6.07, 6.45) is 8.00. The minimum atomic E-state index is -0.383. The Bertz CT molecular complexity index is 768. The van der Waals surface area contributed by atoms with Crippen LogP contribution in [0.2, 0.25) is 5.02 Å². The molecular formula is C17H12ClFN2O. The van der Waals surface area contributed by atoms with Crippen molar-refractivity contribution in [3.63, 3.8) is 0 Å². The highest BCUT2D eigenvalue weighted by atomic mass is 35.5. The van der Waals surface area contributed by atoms with E-state index in [4.69, 9.17) is 11.6 Å². The van der Waals surface area contributed by atoms with Gasteiger partial charge in [0, 0.05) is 16.1 Å². The van der Waals surface area contributed by atoms with E-state index >= 15 is 0 Å². The second-order valence-corrected chi connectivity index (χ2v) is 4.82. The Hall–Kier alpha value is -2.64. The molecule has 0 bridgehead atoms. The summed E-state index contributed by atoms with van der Waals surface area (Å²) >= 11 is 6.00. The molecule has 3 rings (SSSR count). The number of hydrogen-bond acceptors (Lipinski definition) is 2. The molecule has 0 aliphatic carbocycles. The molecule has 1 heterocycles. The molecule has 3 nitrogen and oxygen atoms in total. The van der Waals surface area contributed by atoms with E-state index in [2.05, 4.69) is 23.2 Å². The van der Waals surface area contributed by atoms with Crippen LogP contribution in [0, 0.1) is 18.7 Å². The first-order valence-electron chi connectivity index (χ1n) is 6.37. The van der Waals surface area contributed by atoms with E-state index in [1.54, 1.807) is 36.4 Å². The zero-order valence-electron chi connectivity index (χ0n) is 11.5. The molecule has 0 aromatic heterocycles. The number of anilines is 1. The Kier molecular flexibility index (Phi) is 4.92. The molecule has 0 fully saturated rings. The van der Waals surface area contributed by atoms with Crippen molar-refractivity contribution in [2.45, 2.75) is 0 Å². The smallest absolute Gasteiger partial charge is 0.246 e. The van der Waals surface area contributed by atoms with E-state index in [9.17, 15) is 9.18 Å². The van der Waals surface area contributed by atoms with Gasteiger partial charge in [0.1, 0.15) is 12.4 Å². The molecule has 5 heteroatoms. The van der Waals surface area contributed by atoms with Crippen LogP contribution in [0.5, 0.6) is 0 Å². The van der Waals surface area contributed by atoms with Gasteiger partial charge in [-0.3, -0.25) is 9.79 Å². The van der Waals surface area contributed by atoms with Gasteiger partial charge in [-0.1, -0.05) is 23.7 Å². The van der Waals surface area contributed by atoms with E-state index in [1.807, 2.05) is 0 Å². The van der Waals surface area contributed by atoms with E-state index in [0.29, 0.717) is 27.5 Å². The number of hydrogen-bond donors (Lipinski definition) is 1. The fourth-order valence-corrected chi connectivity index (χ4v) is 2.30. The number of aliphatic imine (C=N–C) groups is 1. The topological polar surface area (TPSA) is 41.5 Å². The van der Waals surface area contributed by atoms with Crippen molar-refractivity contribution < 1.29 is 9.18 Å². The molecular weight excluding hydrogens is 303 g/mol. The highest BCUT2D eigenvalue weighted by molar-refractivity contribution is 6.32. The number of carbonyl (C=O) groups excluding carboxylic acids is 1. The van der Waals surface area contributed by atoms with Gasteiger partial charge in [-0.2, -0.15) is 0 Å². The monoisotopic (exact) mass is 314 g/mol. The fraction of sp³-hybridized carbons (Fsp3) is 0.0588. The summed E-state index contributed by atoms with van der Waals surface area (Å²) in [6.45, 7) is -0.0457. The lowest BCUT2D eigenvalue weighted by atomic mass is 10.0. The molecule has 1 amide bonds. The van der Waals surface area contributed by atoms with Crippen molar-refractivity contribution in [3.8, 4) is 12.8 Å². The number of nitrogens with one attached hydrogen (secondary N) is 1. The van der Waals surface area contributed by atoms with Gasteiger partial charge in [-0.15, -0.1) is 12.8 Å². The first-order chi connectivity index (χ1) is 10.6. The zero-order chi connectivity index (χ0) is 16.1. The van der Waals surface area contributed by atoms with E-state index in [-0.39, 0.29) is 18.3 Å². The lowest BCUT2D eigenvalue weighted by Crippen LogP contribution is -2.13. The predicted molar refractivity (Wildman–Crippen MR) is 86.9 cm³/mol. The molecule has 22 heavy (non-hydrogen) atoms. The largest absolute Gasteiger partial charge is 0.324 e. The molecule has 0 unspecified atom stereocenters. The molecule has 1 aliphatic rings. The molecule has 2 aromatic carbocycles. The molecule has 1 N–H and O–H groups in total. The average Bonchev–Trinajstić information content (AvgIpc) is 2.68. The Morgan fingerprint density at radius 3 is 2.59 bits per heavy atom. The van der Waals surface area contributed by atoms with E-state index in [1.165, 1.54) is 6.07 Å². The number of rotatable bonds is 1. The van der Waals surface area contributed by atoms with Gasteiger partial charge in [0.05, 0.1) is 11.4 Å². The number of fused-ring (bicyclic) bond motifs is 1. The number of halogens is 2. The van der Waals surface area contributed by atoms with Crippen LogP contribution in [0.15, 0.2) is 47.5 Å². The average molecular weight is 315 g/mol. The quantitative estimate of drug-likeness (QED) is 0.804. The number of benzodiazepines with no additional fused rings is 1. The summed E-state index contributed by atoms with van der Waals surface area (Å²) in [4.78, 5) is 15.9. The van der Waals surface area contributed by atoms with Crippen LogP contribution in [-0.2, 0) is 4.79 Å². The van der Waals surface area contributed by atoms with Crippen LogP contribution in [0.3, 0.4) is 0 Å². The van der Waals surface area contributed by atoms with Gasteiger partial charge in [-0.05, 0) is 30.3 Å². The van der Waals surface area contributed by atoms with Gasteiger partial charge < -0.3 is 5.32 Å². The Balaban J connectivity index is 0.000000847. The number of benzene rings is 2. The van der Waals surface area contributed by atoms with E-state index < -0.39 is 0 Å². The van der Waals surface area contributed by atoms with Crippen molar-refractivity contribution in [1.82, 2.24) is 0 Å². The zero-order valence-corrected chi connectivity index (χ0v) is 12.3. The van der Waals surface area contributed by atoms with Crippen molar-refractivity contribution in [1.29, 1.82) is 0 Å². The summed E-state index contributed by atoms with van der Waals surface area (Å²) in [5, 5.41) is 3.24. The summed E-state index contributed by atoms with van der Waals surface area (Å²) in [5.74, 6) is -0.619. The van der Waals surface area contributed by atoms with Crippen LogP contribution >= 0.6 is 11.6 Å². The third-order valence-corrected chi connectivity index (χ3v) is 3.26. The molecule has 1 aliphatic heterocycles. The maximum Gasteiger partial charge on any atom is 0.246 e. The lowest BCUT2D eigenvalue weighted by Gasteiger charge is -2.11. The van der Waals surface area contributed by atoms with Gasteiger partial charge in [0.25, 0.3) is 0 Å². The summed E-state index contributed by atoms with van der Waals surface area (Å²) < 4.78 is 14.0. The minimum absolute atomic E-state index is 0.0457. The summed E-state index contributed by atoms with van der Waals surface area (Å²) in [6, 6.07) is 11.4. The van der Waals surface area contributed by atoms with Crippen LogP contribution < -0.4 is 5.32 Å². The number of terminal acetylenes is 1. The number of amides is 1. The minimum Gasteiger partial charge on any atom is -0.324 e. The highest BCUT2D eigenvalue weighted by Crippen LogP contribution is 2.26. The van der Waals surface area contributed by atoms with Crippen molar-refractivity contribution in [3.05, 3.63) is 64.4 Å². The molecule has 0 saturated heterocycles. The number of nitrogens with zero attached hydrogens (tertiary/aromatic N) is 1. The lowest BCUT2D eigenvalue weighted by molar-refractivity contribution is -0.114. The van der Waals surface area contributed by atoms with Crippen LogP contribution in [0.4, 0.5) is 10.1 Å². The van der Waals surface area contributed by atoms with Crippen LogP contribution in [0.25, 0.3) is 0 Å². The molecule has 0 saturated carbocycles. The Morgan fingerprint density at radius 2 is 1.86 bits per heavy atom. The van der Waals surface area contributed by atoms with Crippen LogP contribution in [-0.4, -0.2) is 18.2 Å². The third kappa shape index (κ3) is 3.16. The van der Waals surface area contributed by atoms with Gasteiger partial charge in [0.2, 0.25) is 5.91 Å². The van der Waals surface area contributed by atoms with Gasteiger partial charge in [0.15, 0.2) is 0 Å². The molecule has 0 atom stereocenters. The molecule has 2 aromatic rings. The van der Waals surface area contributed by atoms with Crippen molar-refractivity contribution in [2.75, 3.05) is 11.9 Å². The molecule has 110 valence electrons. The number of carbonyl (C=O) groups is 1. The first-order valence-corrected chi connectivity index (χ1v) is 6.75. The van der Waals surface area contributed by atoms with Crippen molar-refractivity contribution in [2.24, 2.45) is 4.99 Å². The predicted octanol–water partition coefficient (Wildman–Crippen LogP) is 3.52. The second-order valence-electron chi connectivity index (χ2n) is 4.38. The third-order valence-electron chi connectivity index (χ3n) is 3.02.